The standard InChI is InChI=1S/C15H19N3O4/c19-15(16-14-9-17-7-5-11(14)6-8-17)10-22-13-3-1-12(2-4-13)18(20)21/h1-4,11,14H,5-10H2,(H,16,19). The first-order valence-corrected chi connectivity index (χ1v) is 7.51. The van der Waals surface area contributed by atoms with Gasteiger partial charge in [-0.3, -0.25) is 14.9 Å². The van der Waals surface area contributed by atoms with Crippen LogP contribution in [0.4, 0.5) is 5.69 Å². The lowest BCUT2D eigenvalue weighted by atomic mass is 9.84. The molecular weight excluding hydrogens is 286 g/mol. The smallest absolute Gasteiger partial charge is 0.269 e. The van der Waals surface area contributed by atoms with Crippen molar-refractivity contribution in [1.82, 2.24) is 10.2 Å². The SMILES string of the molecule is O=C(COc1ccc([N+](=O)[O-])cc1)NC1CN2CCC1CC2. The number of piperidine rings is 3. The zero-order valence-corrected chi connectivity index (χ0v) is 12.2. The highest BCUT2D eigenvalue weighted by Gasteiger charge is 2.34. The van der Waals surface area contributed by atoms with Gasteiger partial charge in [-0.15, -0.1) is 0 Å². The summed E-state index contributed by atoms with van der Waals surface area (Å²) in [5.74, 6) is 0.889. The van der Waals surface area contributed by atoms with Crippen LogP contribution < -0.4 is 10.1 Å². The highest BCUT2D eigenvalue weighted by molar-refractivity contribution is 5.78. The van der Waals surface area contributed by atoms with E-state index in [1.54, 1.807) is 0 Å². The van der Waals surface area contributed by atoms with E-state index in [1.165, 1.54) is 24.3 Å². The van der Waals surface area contributed by atoms with Gasteiger partial charge in [-0.1, -0.05) is 0 Å². The van der Waals surface area contributed by atoms with Crippen molar-refractivity contribution < 1.29 is 14.5 Å². The van der Waals surface area contributed by atoms with E-state index in [9.17, 15) is 14.9 Å². The molecule has 3 saturated heterocycles. The Bertz CT molecular complexity index is 552. The number of fused-ring (bicyclic) bond motifs is 3. The fourth-order valence-corrected chi connectivity index (χ4v) is 3.19. The summed E-state index contributed by atoms with van der Waals surface area (Å²) >= 11 is 0. The van der Waals surface area contributed by atoms with Gasteiger partial charge < -0.3 is 15.0 Å². The number of amides is 1. The van der Waals surface area contributed by atoms with Gasteiger partial charge in [0.2, 0.25) is 0 Å². The number of carbonyl (C=O) groups is 1. The van der Waals surface area contributed by atoms with Crippen molar-refractivity contribution >= 4 is 11.6 Å². The van der Waals surface area contributed by atoms with Gasteiger partial charge in [0, 0.05) is 24.7 Å². The molecule has 0 aliphatic carbocycles. The number of ether oxygens (including phenoxy) is 1. The molecule has 3 aliphatic heterocycles. The van der Waals surface area contributed by atoms with Crippen molar-refractivity contribution in [3.05, 3.63) is 34.4 Å². The Morgan fingerprint density at radius 1 is 1.32 bits per heavy atom. The molecular formula is C15H19N3O4. The molecule has 3 aliphatic rings. The average molecular weight is 305 g/mol. The molecule has 0 saturated carbocycles. The fourth-order valence-electron chi connectivity index (χ4n) is 3.19. The number of rotatable bonds is 5. The Hall–Kier alpha value is -2.15. The van der Waals surface area contributed by atoms with E-state index in [-0.39, 0.29) is 24.2 Å². The maximum absolute atomic E-state index is 12.0. The zero-order chi connectivity index (χ0) is 15.5. The monoisotopic (exact) mass is 305 g/mol. The third-order valence-corrected chi connectivity index (χ3v) is 4.42. The van der Waals surface area contributed by atoms with Gasteiger partial charge in [-0.05, 0) is 44.0 Å². The summed E-state index contributed by atoms with van der Waals surface area (Å²) < 4.78 is 5.38. The number of hydrogen-bond acceptors (Lipinski definition) is 5. The predicted molar refractivity (Wildman–Crippen MR) is 79.7 cm³/mol. The second-order valence-corrected chi connectivity index (χ2v) is 5.85. The first-order chi connectivity index (χ1) is 10.6. The molecule has 1 aromatic carbocycles. The highest BCUT2D eigenvalue weighted by Crippen LogP contribution is 2.27. The molecule has 1 N–H and O–H groups in total. The Kier molecular flexibility index (Phi) is 4.24. The van der Waals surface area contributed by atoms with Crippen LogP contribution >= 0.6 is 0 Å². The van der Waals surface area contributed by atoms with E-state index in [0.717, 1.165) is 32.5 Å². The molecule has 7 nitrogen and oxygen atoms in total. The highest BCUT2D eigenvalue weighted by atomic mass is 16.6. The van der Waals surface area contributed by atoms with Crippen LogP contribution in [0.2, 0.25) is 0 Å². The lowest BCUT2D eigenvalue weighted by Gasteiger charge is -2.44. The van der Waals surface area contributed by atoms with Gasteiger partial charge >= 0.3 is 0 Å². The van der Waals surface area contributed by atoms with Gasteiger partial charge in [0.15, 0.2) is 6.61 Å². The molecule has 3 fully saturated rings. The van der Waals surface area contributed by atoms with E-state index in [2.05, 4.69) is 10.2 Å². The van der Waals surface area contributed by atoms with Gasteiger partial charge in [-0.2, -0.15) is 0 Å². The van der Waals surface area contributed by atoms with Crippen LogP contribution in [0, 0.1) is 16.0 Å². The van der Waals surface area contributed by atoms with E-state index >= 15 is 0 Å². The average Bonchev–Trinajstić information content (AvgIpc) is 2.54. The summed E-state index contributed by atoms with van der Waals surface area (Å²) in [6.45, 7) is 3.13. The van der Waals surface area contributed by atoms with E-state index < -0.39 is 4.92 Å². The number of nitrogens with one attached hydrogen (secondary N) is 1. The molecule has 0 aromatic heterocycles. The molecule has 1 unspecified atom stereocenters. The van der Waals surface area contributed by atoms with Crippen LogP contribution in [-0.2, 0) is 4.79 Å². The van der Waals surface area contributed by atoms with Crippen LogP contribution in [0.25, 0.3) is 0 Å². The third-order valence-electron chi connectivity index (χ3n) is 4.42. The second kappa shape index (κ2) is 6.31. The lowest BCUT2D eigenvalue weighted by molar-refractivity contribution is -0.384. The Balaban J connectivity index is 1.47. The van der Waals surface area contributed by atoms with Crippen LogP contribution in [0.5, 0.6) is 5.75 Å². The first kappa shape index (κ1) is 14.8. The molecule has 22 heavy (non-hydrogen) atoms. The molecule has 1 atom stereocenters. The second-order valence-electron chi connectivity index (χ2n) is 5.85. The quantitative estimate of drug-likeness (QED) is 0.652. The minimum Gasteiger partial charge on any atom is -0.484 e. The maximum atomic E-state index is 12.0. The largest absolute Gasteiger partial charge is 0.484 e. The molecule has 1 aromatic rings. The Morgan fingerprint density at radius 2 is 2.00 bits per heavy atom. The van der Waals surface area contributed by atoms with Gasteiger partial charge in [0.1, 0.15) is 5.75 Å². The summed E-state index contributed by atoms with van der Waals surface area (Å²) in [5.41, 5.74) is 0.00378. The molecule has 0 radical (unpaired) electrons. The number of benzene rings is 1. The molecule has 118 valence electrons. The number of nitro groups is 1. The fraction of sp³-hybridized carbons (Fsp3) is 0.533. The van der Waals surface area contributed by atoms with Crippen molar-refractivity contribution in [2.45, 2.75) is 18.9 Å². The van der Waals surface area contributed by atoms with Crippen molar-refractivity contribution in [2.24, 2.45) is 5.92 Å². The maximum Gasteiger partial charge on any atom is 0.269 e. The molecule has 4 rings (SSSR count). The van der Waals surface area contributed by atoms with E-state index in [0.29, 0.717) is 11.7 Å². The Labute approximate surface area is 128 Å². The van der Waals surface area contributed by atoms with Crippen molar-refractivity contribution in [1.29, 1.82) is 0 Å². The molecule has 1 amide bonds. The van der Waals surface area contributed by atoms with Crippen LogP contribution in [-0.4, -0.2) is 48.0 Å². The first-order valence-electron chi connectivity index (χ1n) is 7.51. The van der Waals surface area contributed by atoms with Crippen LogP contribution in [0.3, 0.4) is 0 Å². The molecule has 0 spiro atoms. The van der Waals surface area contributed by atoms with Gasteiger partial charge in [0.05, 0.1) is 4.92 Å². The van der Waals surface area contributed by atoms with Crippen molar-refractivity contribution in [2.75, 3.05) is 26.2 Å². The summed E-state index contributed by atoms with van der Waals surface area (Å²) in [5, 5.41) is 13.6. The van der Waals surface area contributed by atoms with Gasteiger partial charge in [0.25, 0.3) is 11.6 Å². The van der Waals surface area contributed by atoms with Crippen molar-refractivity contribution in [3.8, 4) is 5.75 Å². The Morgan fingerprint density at radius 3 is 2.55 bits per heavy atom. The summed E-state index contributed by atoms with van der Waals surface area (Å²) in [6.07, 6.45) is 2.29. The summed E-state index contributed by atoms with van der Waals surface area (Å²) in [7, 11) is 0. The van der Waals surface area contributed by atoms with Crippen LogP contribution in [0.1, 0.15) is 12.8 Å². The number of nitro benzene ring substituents is 1. The third kappa shape index (κ3) is 3.36. The number of carbonyl (C=O) groups excluding carboxylic acids is 1. The minimum absolute atomic E-state index is 0.00378. The molecule has 7 heteroatoms. The normalized spacial score (nSPS) is 26.5. The van der Waals surface area contributed by atoms with E-state index in [4.69, 9.17) is 4.74 Å². The lowest BCUT2D eigenvalue weighted by Crippen LogP contribution is -2.57. The predicted octanol–water partition coefficient (Wildman–Crippen LogP) is 1.18. The van der Waals surface area contributed by atoms with E-state index in [1.807, 2.05) is 0 Å². The number of non-ortho nitro benzene ring substituents is 1. The number of nitrogens with zero attached hydrogens (tertiary/aromatic N) is 2. The van der Waals surface area contributed by atoms with Crippen LogP contribution in [0.15, 0.2) is 24.3 Å². The van der Waals surface area contributed by atoms with Gasteiger partial charge in [-0.25, -0.2) is 0 Å². The minimum atomic E-state index is -0.468. The van der Waals surface area contributed by atoms with Crippen molar-refractivity contribution in [3.63, 3.8) is 0 Å². The zero-order valence-electron chi connectivity index (χ0n) is 12.2. The molecule has 2 bridgehead atoms. The topological polar surface area (TPSA) is 84.7 Å². The molecule has 3 heterocycles. The number of hydrogen-bond donors (Lipinski definition) is 1. The summed E-state index contributed by atoms with van der Waals surface area (Å²) in [6, 6.07) is 5.94. The summed E-state index contributed by atoms with van der Waals surface area (Å²) in [4.78, 5) is 24.4.